The highest BCUT2D eigenvalue weighted by Gasteiger charge is 2.23. The van der Waals surface area contributed by atoms with Gasteiger partial charge in [-0.05, 0) is 35.7 Å². The second kappa shape index (κ2) is 8.54. The highest BCUT2D eigenvalue weighted by atomic mass is 16.1. The normalized spacial score (nSPS) is 11.8. The van der Waals surface area contributed by atoms with Gasteiger partial charge in [0.1, 0.15) is 11.6 Å². The van der Waals surface area contributed by atoms with Crippen LogP contribution in [0.5, 0.6) is 0 Å². The lowest BCUT2D eigenvalue weighted by Crippen LogP contribution is -2.29. The summed E-state index contributed by atoms with van der Waals surface area (Å²) in [7, 11) is 0. The van der Waals surface area contributed by atoms with Crippen molar-refractivity contribution in [3.63, 3.8) is 0 Å². The summed E-state index contributed by atoms with van der Waals surface area (Å²) < 4.78 is 1.77. The Labute approximate surface area is 188 Å². The van der Waals surface area contributed by atoms with Gasteiger partial charge in [-0.1, -0.05) is 87.5 Å². The number of rotatable bonds is 5. The lowest BCUT2D eigenvalue weighted by atomic mass is 9.87. The van der Waals surface area contributed by atoms with Crippen molar-refractivity contribution < 1.29 is 4.79 Å². The Morgan fingerprint density at radius 3 is 2.00 bits per heavy atom. The number of nitrogens with zero attached hydrogens (tertiary/aromatic N) is 2. The molecule has 4 rings (SSSR count). The van der Waals surface area contributed by atoms with Gasteiger partial charge in [0.25, 0.3) is 5.56 Å². The molecule has 0 aliphatic carbocycles. The van der Waals surface area contributed by atoms with Gasteiger partial charge >= 0.3 is 0 Å². The number of benzene rings is 3. The minimum absolute atomic E-state index is 0.102. The molecule has 3 aromatic carbocycles. The van der Waals surface area contributed by atoms with Gasteiger partial charge in [-0.15, -0.1) is 0 Å². The zero-order chi connectivity index (χ0) is 22.9. The van der Waals surface area contributed by atoms with E-state index in [0.717, 1.165) is 16.7 Å². The third-order valence-electron chi connectivity index (χ3n) is 5.83. The Morgan fingerprint density at radius 1 is 0.906 bits per heavy atom. The number of Topliss-reactive ketones (excluding diaryl/α,β-unsaturated/α-hetero) is 1. The predicted molar refractivity (Wildman–Crippen MR) is 129 cm³/mol. The molecular formula is C28H28N2O2. The molecule has 0 unspecified atom stereocenters. The molecule has 0 aliphatic rings. The van der Waals surface area contributed by atoms with Crippen molar-refractivity contribution in [1.82, 2.24) is 9.55 Å². The largest absolute Gasteiger partial charge is 0.299 e. The Balaban J connectivity index is 1.90. The third-order valence-corrected chi connectivity index (χ3v) is 5.83. The van der Waals surface area contributed by atoms with Gasteiger partial charge in [0.2, 0.25) is 0 Å². The summed E-state index contributed by atoms with van der Waals surface area (Å²) in [5.41, 5.74) is 2.99. The zero-order valence-electron chi connectivity index (χ0n) is 19.0. The molecule has 0 radical (unpaired) electrons. The Hall–Kier alpha value is -3.53. The molecule has 4 aromatic rings. The van der Waals surface area contributed by atoms with Crippen LogP contribution in [0.1, 0.15) is 49.3 Å². The predicted octanol–water partition coefficient (Wildman–Crippen LogP) is 5.50. The van der Waals surface area contributed by atoms with E-state index in [9.17, 15) is 9.59 Å². The third kappa shape index (κ3) is 4.26. The summed E-state index contributed by atoms with van der Waals surface area (Å²) in [5.74, 6) is 0.794. The van der Waals surface area contributed by atoms with Crippen molar-refractivity contribution in [3.8, 4) is 0 Å². The maximum absolute atomic E-state index is 13.8. The van der Waals surface area contributed by atoms with Crippen LogP contribution < -0.4 is 5.56 Å². The Bertz CT molecular complexity index is 1280. The van der Waals surface area contributed by atoms with Gasteiger partial charge in [0.15, 0.2) is 0 Å². The first-order valence-electron chi connectivity index (χ1n) is 10.9. The fourth-order valence-corrected chi connectivity index (χ4v) is 3.98. The summed E-state index contributed by atoms with van der Waals surface area (Å²) in [5, 5.41) is 0.534. The van der Waals surface area contributed by atoms with E-state index in [4.69, 9.17) is 4.98 Å². The number of carbonyl (C=O) groups excluding carboxylic acids is 1. The summed E-state index contributed by atoms with van der Waals surface area (Å²) in [6.45, 7) is 7.62. The van der Waals surface area contributed by atoms with Gasteiger partial charge < -0.3 is 0 Å². The molecule has 4 heteroatoms. The van der Waals surface area contributed by atoms with Crippen LogP contribution in [-0.2, 0) is 11.2 Å². The SMILES string of the molecule is Cc1nc2ccc(CC(=O)C(C)(C)C)cc2c(=O)n1C(c1ccccc1)c1ccccc1. The quantitative estimate of drug-likeness (QED) is 0.425. The van der Waals surface area contributed by atoms with Crippen molar-refractivity contribution in [1.29, 1.82) is 0 Å². The standard InChI is InChI=1S/C28H28N2O2/c1-19-29-24-16-15-20(18-25(31)28(2,3)4)17-23(24)27(32)30(19)26(21-11-7-5-8-12-21)22-13-9-6-10-14-22/h5-17,26H,18H2,1-4H3. The van der Waals surface area contributed by atoms with E-state index < -0.39 is 5.41 Å². The highest BCUT2D eigenvalue weighted by Crippen LogP contribution is 2.27. The monoisotopic (exact) mass is 424 g/mol. The van der Waals surface area contributed by atoms with Crippen molar-refractivity contribution in [2.75, 3.05) is 0 Å². The van der Waals surface area contributed by atoms with Gasteiger partial charge in [-0.3, -0.25) is 14.2 Å². The van der Waals surface area contributed by atoms with E-state index in [1.807, 2.05) is 107 Å². The minimum Gasteiger partial charge on any atom is -0.299 e. The average Bonchev–Trinajstić information content (AvgIpc) is 2.77. The topological polar surface area (TPSA) is 52.0 Å². The number of aryl methyl sites for hydroxylation is 1. The first-order chi connectivity index (χ1) is 15.3. The summed E-state index contributed by atoms with van der Waals surface area (Å²) in [6.07, 6.45) is 0.299. The van der Waals surface area contributed by atoms with Gasteiger partial charge in [0.05, 0.1) is 16.9 Å². The molecule has 0 N–H and O–H groups in total. The van der Waals surface area contributed by atoms with Crippen LogP contribution in [-0.4, -0.2) is 15.3 Å². The van der Waals surface area contributed by atoms with E-state index >= 15 is 0 Å². The number of hydrogen-bond acceptors (Lipinski definition) is 3. The van der Waals surface area contributed by atoms with Crippen LogP contribution in [0.15, 0.2) is 83.7 Å². The summed E-state index contributed by atoms with van der Waals surface area (Å²) >= 11 is 0. The van der Waals surface area contributed by atoms with Crippen LogP contribution in [0.2, 0.25) is 0 Å². The van der Waals surface area contributed by atoms with Crippen molar-refractivity contribution >= 4 is 16.7 Å². The number of carbonyl (C=O) groups is 1. The smallest absolute Gasteiger partial charge is 0.262 e. The molecule has 0 atom stereocenters. The van der Waals surface area contributed by atoms with Crippen LogP contribution in [0.4, 0.5) is 0 Å². The second-order valence-electron chi connectivity index (χ2n) is 9.26. The van der Waals surface area contributed by atoms with E-state index in [1.54, 1.807) is 4.57 Å². The molecule has 1 aromatic heterocycles. The maximum Gasteiger partial charge on any atom is 0.262 e. The van der Waals surface area contributed by atoms with Crippen molar-refractivity contribution in [3.05, 3.63) is 112 Å². The number of aromatic nitrogens is 2. The van der Waals surface area contributed by atoms with Crippen molar-refractivity contribution in [2.24, 2.45) is 5.41 Å². The van der Waals surface area contributed by atoms with E-state index in [2.05, 4.69) is 0 Å². The molecule has 0 fully saturated rings. The van der Waals surface area contributed by atoms with Crippen LogP contribution in [0, 0.1) is 12.3 Å². The molecule has 32 heavy (non-hydrogen) atoms. The highest BCUT2D eigenvalue weighted by molar-refractivity contribution is 5.87. The van der Waals surface area contributed by atoms with Crippen LogP contribution >= 0.6 is 0 Å². The molecule has 0 saturated heterocycles. The summed E-state index contributed by atoms with van der Waals surface area (Å²) in [4.78, 5) is 31.1. The first kappa shape index (κ1) is 21.7. The second-order valence-corrected chi connectivity index (χ2v) is 9.26. The van der Waals surface area contributed by atoms with Crippen molar-refractivity contribution in [2.45, 2.75) is 40.2 Å². The fourth-order valence-electron chi connectivity index (χ4n) is 3.98. The van der Waals surface area contributed by atoms with Crippen LogP contribution in [0.3, 0.4) is 0 Å². The molecule has 0 saturated carbocycles. The zero-order valence-corrected chi connectivity index (χ0v) is 19.0. The Kier molecular flexibility index (Phi) is 5.79. The number of ketones is 1. The minimum atomic E-state index is -0.424. The number of fused-ring (bicyclic) bond motifs is 1. The van der Waals surface area contributed by atoms with E-state index in [-0.39, 0.29) is 17.4 Å². The molecule has 0 bridgehead atoms. The lowest BCUT2D eigenvalue weighted by Gasteiger charge is -2.23. The van der Waals surface area contributed by atoms with E-state index in [1.165, 1.54) is 0 Å². The summed E-state index contributed by atoms with van der Waals surface area (Å²) in [6, 6.07) is 25.3. The first-order valence-corrected chi connectivity index (χ1v) is 10.9. The molecule has 0 spiro atoms. The molecule has 0 amide bonds. The van der Waals surface area contributed by atoms with Gasteiger partial charge in [-0.25, -0.2) is 4.98 Å². The van der Waals surface area contributed by atoms with Gasteiger partial charge in [-0.2, -0.15) is 0 Å². The lowest BCUT2D eigenvalue weighted by molar-refractivity contribution is -0.125. The maximum atomic E-state index is 13.8. The fraction of sp³-hybridized carbons (Fsp3) is 0.250. The van der Waals surface area contributed by atoms with E-state index in [0.29, 0.717) is 23.1 Å². The molecule has 4 nitrogen and oxygen atoms in total. The average molecular weight is 425 g/mol. The van der Waals surface area contributed by atoms with Crippen LogP contribution in [0.25, 0.3) is 10.9 Å². The molecular weight excluding hydrogens is 396 g/mol. The molecule has 0 aliphatic heterocycles. The molecule has 1 heterocycles. The molecule has 162 valence electrons. The van der Waals surface area contributed by atoms with Gasteiger partial charge in [0, 0.05) is 11.8 Å². The number of hydrogen-bond donors (Lipinski definition) is 0. The Morgan fingerprint density at radius 2 is 1.47 bits per heavy atom.